The van der Waals surface area contributed by atoms with Crippen molar-refractivity contribution in [3.8, 4) is 11.3 Å². The lowest BCUT2D eigenvalue weighted by Gasteiger charge is -2.22. The summed E-state index contributed by atoms with van der Waals surface area (Å²) >= 11 is 0. The number of hydrogen-bond acceptors (Lipinski definition) is 2. The zero-order valence-electron chi connectivity index (χ0n) is 14.5. The monoisotopic (exact) mass is 330 g/mol. The van der Waals surface area contributed by atoms with Crippen LogP contribution in [0.3, 0.4) is 0 Å². The van der Waals surface area contributed by atoms with E-state index in [0.717, 1.165) is 40.8 Å². The van der Waals surface area contributed by atoms with Gasteiger partial charge in [0, 0.05) is 24.0 Å². The molecule has 0 atom stereocenters. The summed E-state index contributed by atoms with van der Waals surface area (Å²) in [7, 11) is 0. The van der Waals surface area contributed by atoms with Crippen LogP contribution in [0.1, 0.15) is 30.1 Å². The first-order valence-corrected chi connectivity index (χ1v) is 9.00. The van der Waals surface area contributed by atoms with Gasteiger partial charge < -0.3 is 4.90 Å². The minimum Gasteiger partial charge on any atom is -0.339 e. The highest BCUT2D eigenvalue weighted by atomic mass is 16.2. The number of nitrogens with zero attached hydrogens (tertiary/aromatic N) is 2. The van der Waals surface area contributed by atoms with Crippen LogP contribution in [0.2, 0.25) is 0 Å². The highest BCUT2D eigenvalue weighted by Gasteiger charge is 2.27. The van der Waals surface area contributed by atoms with Gasteiger partial charge in [-0.05, 0) is 37.8 Å². The topological polar surface area (TPSA) is 33.2 Å². The van der Waals surface area contributed by atoms with E-state index >= 15 is 0 Å². The highest BCUT2D eigenvalue weighted by molar-refractivity contribution is 6.07. The largest absolute Gasteiger partial charge is 0.339 e. The van der Waals surface area contributed by atoms with E-state index in [4.69, 9.17) is 4.98 Å². The number of carbonyl (C=O) groups is 1. The second kappa shape index (κ2) is 6.67. The Morgan fingerprint density at radius 3 is 2.52 bits per heavy atom. The number of rotatable bonds is 5. The molecule has 3 nitrogen and oxygen atoms in total. The van der Waals surface area contributed by atoms with Crippen molar-refractivity contribution in [2.24, 2.45) is 5.92 Å². The van der Waals surface area contributed by atoms with Gasteiger partial charge in [0.15, 0.2) is 0 Å². The van der Waals surface area contributed by atoms with Gasteiger partial charge in [0.25, 0.3) is 5.91 Å². The van der Waals surface area contributed by atoms with Gasteiger partial charge in [0.1, 0.15) is 0 Å². The molecule has 1 aliphatic carbocycles. The molecule has 3 heteroatoms. The molecule has 4 rings (SSSR count). The van der Waals surface area contributed by atoms with Crippen LogP contribution in [0, 0.1) is 5.92 Å². The lowest BCUT2D eigenvalue weighted by Crippen LogP contribution is -2.32. The lowest BCUT2D eigenvalue weighted by atomic mass is 10.0. The Balaban J connectivity index is 1.82. The SMILES string of the molecule is CCN(CC1CC1)C(=O)c1cc(-c2ccccc2)nc2ccccc12. The Hall–Kier alpha value is -2.68. The van der Waals surface area contributed by atoms with Gasteiger partial charge in [-0.3, -0.25) is 4.79 Å². The summed E-state index contributed by atoms with van der Waals surface area (Å²) in [5.41, 5.74) is 3.51. The predicted octanol–water partition coefficient (Wildman–Crippen LogP) is 4.77. The Labute approximate surface area is 148 Å². The van der Waals surface area contributed by atoms with E-state index in [-0.39, 0.29) is 5.91 Å². The van der Waals surface area contributed by atoms with Crippen molar-refractivity contribution in [1.29, 1.82) is 0 Å². The van der Waals surface area contributed by atoms with Gasteiger partial charge in [-0.25, -0.2) is 4.98 Å². The fourth-order valence-corrected chi connectivity index (χ4v) is 3.25. The van der Waals surface area contributed by atoms with Crippen LogP contribution in [0.25, 0.3) is 22.2 Å². The smallest absolute Gasteiger partial charge is 0.254 e. The maximum Gasteiger partial charge on any atom is 0.254 e. The summed E-state index contributed by atoms with van der Waals surface area (Å²) in [6, 6.07) is 19.9. The molecule has 0 aliphatic heterocycles. The first kappa shape index (κ1) is 15.8. The second-order valence-electron chi connectivity index (χ2n) is 6.73. The average molecular weight is 330 g/mol. The zero-order chi connectivity index (χ0) is 17.2. The predicted molar refractivity (Wildman–Crippen MR) is 101 cm³/mol. The van der Waals surface area contributed by atoms with E-state index in [9.17, 15) is 4.79 Å². The van der Waals surface area contributed by atoms with Crippen molar-refractivity contribution in [3.05, 3.63) is 66.2 Å². The van der Waals surface area contributed by atoms with E-state index < -0.39 is 0 Å². The van der Waals surface area contributed by atoms with Gasteiger partial charge in [-0.1, -0.05) is 48.5 Å². The fraction of sp³-hybridized carbons (Fsp3) is 0.273. The molecule has 1 saturated carbocycles. The van der Waals surface area contributed by atoms with Crippen molar-refractivity contribution in [1.82, 2.24) is 9.88 Å². The Morgan fingerprint density at radius 1 is 1.08 bits per heavy atom. The summed E-state index contributed by atoms with van der Waals surface area (Å²) in [5.74, 6) is 0.802. The molecule has 0 radical (unpaired) electrons. The third-order valence-corrected chi connectivity index (χ3v) is 4.86. The third kappa shape index (κ3) is 3.27. The molecule has 1 aromatic heterocycles. The third-order valence-electron chi connectivity index (χ3n) is 4.86. The molecule has 0 N–H and O–H groups in total. The number of aromatic nitrogens is 1. The second-order valence-corrected chi connectivity index (χ2v) is 6.73. The summed E-state index contributed by atoms with van der Waals surface area (Å²) < 4.78 is 0. The van der Waals surface area contributed by atoms with E-state index in [2.05, 4.69) is 6.92 Å². The number of benzene rings is 2. The Morgan fingerprint density at radius 2 is 1.80 bits per heavy atom. The van der Waals surface area contributed by atoms with Gasteiger partial charge in [0.2, 0.25) is 0 Å². The van der Waals surface area contributed by atoms with Crippen molar-refractivity contribution in [3.63, 3.8) is 0 Å². The van der Waals surface area contributed by atoms with Gasteiger partial charge in [0.05, 0.1) is 16.8 Å². The molecular formula is C22H22N2O. The number of para-hydroxylation sites is 1. The maximum atomic E-state index is 13.2. The number of hydrogen-bond donors (Lipinski definition) is 0. The molecule has 0 spiro atoms. The van der Waals surface area contributed by atoms with E-state index in [0.29, 0.717) is 5.92 Å². The fourth-order valence-electron chi connectivity index (χ4n) is 3.25. The summed E-state index contributed by atoms with van der Waals surface area (Å²) in [5, 5.41) is 0.932. The van der Waals surface area contributed by atoms with Crippen LogP contribution in [0.5, 0.6) is 0 Å². The zero-order valence-corrected chi connectivity index (χ0v) is 14.5. The molecular weight excluding hydrogens is 308 g/mol. The molecule has 3 aromatic rings. The molecule has 2 aromatic carbocycles. The summed E-state index contributed by atoms with van der Waals surface area (Å²) in [6.45, 7) is 3.67. The normalized spacial score (nSPS) is 13.8. The highest BCUT2D eigenvalue weighted by Crippen LogP contribution is 2.31. The first-order valence-electron chi connectivity index (χ1n) is 9.00. The standard InChI is InChI=1S/C22H22N2O/c1-2-24(15-16-12-13-16)22(25)19-14-21(17-8-4-3-5-9-17)23-20-11-7-6-10-18(19)20/h3-11,14,16H,2,12-13,15H2,1H3. The molecule has 1 amide bonds. The minimum atomic E-state index is 0.116. The van der Waals surface area contributed by atoms with Gasteiger partial charge >= 0.3 is 0 Å². The number of carbonyl (C=O) groups excluding carboxylic acids is 1. The minimum absolute atomic E-state index is 0.116. The summed E-state index contributed by atoms with van der Waals surface area (Å²) in [4.78, 5) is 20.0. The lowest BCUT2D eigenvalue weighted by molar-refractivity contribution is 0.0759. The van der Waals surface area contributed by atoms with Gasteiger partial charge in [-0.2, -0.15) is 0 Å². The Kier molecular flexibility index (Phi) is 4.22. The molecule has 1 heterocycles. The van der Waals surface area contributed by atoms with Gasteiger partial charge in [-0.15, -0.1) is 0 Å². The Bertz CT molecular complexity index is 900. The van der Waals surface area contributed by atoms with Crippen LogP contribution in [0.4, 0.5) is 0 Å². The first-order chi connectivity index (χ1) is 12.3. The van der Waals surface area contributed by atoms with Crippen LogP contribution in [-0.2, 0) is 0 Å². The van der Waals surface area contributed by atoms with Crippen molar-refractivity contribution < 1.29 is 4.79 Å². The van der Waals surface area contributed by atoms with Crippen molar-refractivity contribution in [2.45, 2.75) is 19.8 Å². The van der Waals surface area contributed by atoms with E-state index in [1.54, 1.807) is 0 Å². The quantitative estimate of drug-likeness (QED) is 0.675. The molecule has 0 saturated heterocycles. The molecule has 0 bridgehead atoms. The number of fused-ring (bicyclic) bond motifs is 1. The molecule has 1 fully saturated rings. The average Bonchev–Trinajstić information content (AvgIpc) is 3.49. The molecule has 1 aliphatic rings. The van der Waals surface area contributed by atoms with E-state index in [1.165, 1.54) is 12.8 Å². The van der Waals surface area contributed by atoms with Crippen LogP contribution in [-0.4, -0.2) is 28.9 Å². The maximum absolute atomic E-state index is 13.2. The van der Waals surface area contributed by atoms with Crippen LogP contribution >= 0.6 is 0 Å². The van der Waals surface area contributed by atoms with E-state index in [1.807, 2.05) is 65.6 Å². The van der Waals surface area contributed by atoms with Crippen molar-refractivity contribution >= 4 is 16.8 Å². The van der Waals surface area contributed by atoms with Crippen LogP contribution in [0.15, 0.2) is 60.7 Å². The summed E-state index contributed by atoms with van der Waals surface area (Å²) in [6.07, 6.45) is 2.49. The molecule has 0 unspecified atom stereocenters. The molecule has 126 valence electrons. The number of pyridine rings is 1. The van der Waals surface area contributed by atoms with Crippen molar-refractivity contribution in [2.75, 3.05) is 13.1 Å². The molecule has 25 heavy (non-hydrogen) atoms. The number of amides is 1. The van der Waals surface area contributed by atoms with Crippen LogP contribution < -0.4 is 0 Å².